The van der Waals surface area contributed by atoms with Gasteiger partial charge in [0.1, 0.15) is 23.5 Å². The summed E-state index contributed by atoms with van der Waals surface area (Å²) < 4.78 is 7.67. The zero-order chi connectivity index (χ0) is 19.1. The van der Waals surface area contributed by atoms with Crippen molar-refractivity contribution in [3.05, 3.63) is 51.5 Å². The van der Waals surface area contributed by atoms with Gasteiger partial charge in [-0.05, 0) is 31.5 Å². The van der Waals surface area contributed by atoms with Crippen LogP contribution in [0.3, 0.4) is 0 Å². The Labute approximate surface area is 158 Å². The van der Waals surface area contributed by atoms with Crippen LogP contribution in [0.25, 0.3) is 15.9 Å². The summed E-state index contributed by atoms with van der Waals surface area (Å²) in [5.41, 5.74) is 1.75. The van der Waals surface area contributed by atoms with E-state index in [0.717, 1.165) is 25.3 Å². The lowest BCUT2D eigenvalue weighted by molar-refractivity contribution is -0.117. The highest BCUT2D eigenvalue weighted by molar-refractivity contribution is 7.18. The van der Waals surface area contributed by atoms with Crippen molar-refractivity contribution in [2.24, 2.45) is 0 Å². The van der Waals surface area contributed by atoms with Gasteiger partial charge in [-0.1, -0.05) is 6.07 Å². The molecular weight excluding hydrogens is 366 g/mol. The molecule has 1 aromatic carbocycles. The highest BCUT2D eigenvalue weighted by Crippen LogP contribution is 2.30. The van der Waals surface area contributed by atoms with Gasteiger partial charge in [-0.2, -0.15) is 0 Å². The number of aromatic nitrogens is 4. The standard InChI is InChI=1S/C18H17N5O3S/c1-10-11(2)27-17-15(10)16-21-23(18(25)22(16)9-19-17)8-14(24)20-12-5-4-6-13(7-12)26-3/h4-7,9H,8H2,1-3H3,(H,20,24). The van der Waals surface area contributed by atoms with Crippen LogP contribution in [0.4, 0.5) is 5.69 Å². The second-order valence-electron chi connectivity index (χ2n) is 6.12. The molecule has 0 atom stereocenters. The van der Waals surface area contributed by atoms with Gasteiger partial charge in [-0.3, -0.25) is 4.79 Å². The van der Waals surface area contributed by atoms with Gasteiger partial charge in [0.15, 0.2) is 5.65 Å². The van der Waals surface area contributed by atoms with Crippen LogP contribution in [-0.2, 0) is 11.3 Å². The van der Waals surface area contributed by atoms with Crippen LogP contribution >= 0.6 is 11.3 Å². The minimum atomic E-state index is -0.400. The number of carbonyl (C=O) groups excluding carboxylic acids is 1. The molecule has 0 fully saturated rings. The first kappa shape index (κ1) is 17.2. The zero-order valence-corrected chi connectivity index (χ0v) is 15.8. The first-order valence-electron chi connectivity index (χ1n) is 8.25. The van der Waals surface area contributed by atoms with E-state index in [1.165, 1.54) is 10.7 Å². The third-order valence-corrected chi connectivity index (χ3v) is 5.51. The Bertz CT molecular complexity index is 1240. The van der Waals surface area contributed by atoms with Crippen LogP contribution in [0.5, 0.6) is 5.75 Å². The number of carbonyl (C=O) groups is 1. The summed E-state index contributed by atoms with van der Waals surface area (Å²) in [5, 5.41) is 7.98. The number of ether oxygens (including phenoxy) is 1. The Hall–Kier alpha value is -3.20. The molecule has 1 N–H and O–H groups in total. The Balaban J connectivity index is 1.67. The van der Waals surface area contributed by atoms with Gasteiger partial charge in [0.25, 0.3) is 0 Å². The molecule has 0 bridgehead atoms. The van der Waals surface area contributed by atoms with Gasteiger partial charge in [-0.15, -0.1) is 16.4 Å². The second-order valence-corrected chi connectivity index (χ2v) is 7.33. The maximum atomic E-state index is 12.6. The largest absolute Gasteiger partial charge is 0.497 e. The fourth-order valence-corrected chi connectivity index (χ4v) is 3.90. The number of fused-ring (bicyclic) bond motifs is 3. The number of nitrogens with one attached hydrogen (secondary N) is 1. The Morgan fingerprint density at radius 2 is 2.15 bits per heavy atom. The summed E-state index contributed by atoms with van der Waals surface area (Å²) in [7, 11) is 1.56. The third-order valence-electron chi connectivity index (χ3n) is 4.40. The molecule has 3 aromatic heterocycles. The molecule has 0 spiro atoms. The molecule has 4 aromatic rings. The molecule has 0 aliphatic heterocycles. The lowest BCUT2D eigenvalue weighted by atomic mass is 10.2. The predicted octanol–water partition coefficient (Wildman–Crippen LogP) is 2.37. The number of hydrogen-bond donors (Lipinski definition) is 1. The number of anilines is 1. The monoisotopic (exact) mass is 383 g/mol. The number of aryl methyl sites for hydroxylation is 2. The van der Waals surface area contributed by atoms with E-state index in [0.29, 0.717) is 17.1 Å². The maximum Gasteiger partial charge on any atom is 0.352 e. The first-order valence-corrected chi connectivity index (χ1v) is 9.07. The fraction of sp³-hybridized carbons (Fsp3) is 0.222. The second kappa shape index (κ2) is 6.51. The zero-order valence-electron chi connectivity index (χ0n) is 15.0. The molecule has 0 aliphatic carbocycles. The smallest absolute Gasteiger partial charge is 0.352 e. The SMILES string of the molecule is COc1cccc(NC(=O)Cn2nc3c4c(C)c(C)sc4ncn3c2=O)c1. The van der Waals surface area contributed by atoms with Gasteiger partial charge < -0.3 is 10.1 Å². The Morgan fingerprint density at radius 3 is 2.93 bits per heavy atom. The van der Waals surface area contributed by atoms with Crippen molar-refractivity contribution in [2.75, 3.05) is 12.4 Å². The average Bonchev–Trinajstić information content (AvgIpc) is 3.12. The molecule has 138 valence electrons. The molecule has 0 saturated heterocycles. The van der Waals surface area contributed by atoms with Gasteiger partial charge in [0.05, 0.1) is 12.5 Å². The molecule has 27 heavy (non-hydrogen) atoms. The van der Waals surface area contributed by atoms with Crippen LogP contribution in [0, 0.1) is 13.8 Å². The van der Waals surface area contributed by atoms with Crippen LogP contribution in [0.2, 0.25) is 0 Å². The number of hydrogen-bond acceptors (Lipinski definition) is 6. The van der Waals surface area contributed by atoms with E-state index in [-0.39, 0.29) is 12.5 Å². The van der Waals surface area contributed by atoms with Crippen LogP contribution in [-0.4, -0.2) is 32.2 Å². The predicted molar refractivity (Wildman–Crippen MR) is 104 cm³/mol. The van der Waals surface area contributed by atoms with Crippen molar-refractivity contribution in [3.8, 4) is 5.75 Å². The molecule has 1 amide bonds. The highest BCUT2D eigenvalue weighted by atomic mass is 32.1. The van der Waals surface area contributed by atoms with Crippen molar-refractivity contribution >= 4 is 38.8 Å². The molecular formula is C18H17N5O3S. The normalized spacial score (nSPS) is 11.2. The molecule has 8 nitrogen and oxygen atoms in total. The fourth-order valence-electron chi connectivity index (χ4n) is 2.91. The van der Waals surface area contributed by atoms with E-state index < -0.39 is 5.69 Å². The van der Waals surface area contributed by atoms with E-state index in [1.54, 1.807) is 42.7 Å². The van der Waals surface area contributed by atoms with Crippen LogP contribution < -0.4 is 15.7 Å². The minimum absolute atomic E-state index is 0.193. The molecule has 0 aliphatic rings. The number of methoxy groups -OCH3 is 1. The van der Waals surface area contributed by atoms with Crippen molar-refractivity contribution < 1.29 is 9.53 Å². The summed E-state index contributed by atoms with van der Waals surface area (Å²) in [4.78, 5) is 31.3. The summed E-state index contributed by atoms with van der Waals surface area (Å²) in [6.45, 7) is 3.80. The number of rotatable bonds is 4. The van der Waals surface area contributed by atoms with Crippen molar-refractivity contribution in [3.63, 3.8) is 0 Å². The molecule has 4 rings (SSSR count). The molecule has 3 heterocycles. The lowest BCUT2D eigenvalue weighted by Gasteiger charge is -2.06. The van der Waals surface area contributed by atoms with Gasteiger partial charge in [0, 0.05) is 16.6 Å². The summed E-state index contributed by atoms with van der Waals surface area (Å²) in [6, 6.07) is 7.01. The van der Waals surface area contributed by atoms with E-state index in [1.807, 2.05) is 13.8 Å². The van der Waals surface area contributed by atoms with E-state index in [9.17, 15) is 9.59 Å². The lowest BCUT2D eigenvalue weighted by Crippen LogP contribution is -2.28. The van der Waals surface area contributed by atoms with Crippen LogP contribution in [0.15, 0.2) is 35.4 Å². The summed E-state index contributed by atoms with van der Waals surface area (Å²) >= 11 is 1.56. The third kappa shape index (κ3) is 2.95. The van der Waals surface area contributed by atoms with Crippen molar-refractivity contribution in [1.29, 1.82) is 0 Å². The summed E-state index contributed by atoms with van der Waals surface area (Å²) in [6.07, 6.45) is 1.46. The van der Waals surface area contributed by atoms with Crippen molar-refractivity contribution in [1.82, 2.24) is 19.2 Å². The van der Waals surface area contributed by atoms with E-state index in [4.69, 9.17) is 4.74 Å². The van der Waals surface area contributed by atoms with Gasteiger partial charge in [0.2, 0.25) is 5.91 Å². The van der Waals surface area contributed by atoms with E-state index in [2.05, 4.69) is 15.4 Å². The molecule has 0 saturated carbocycles. The Kier molecular flexibility index (Phi) is 4.15. The first-order chi connectivity index (χ1) is 13.0. The Morgan fingerprint density at radius 1 is 1.33 bits per heavy atom. The number of thiophene rings is 1. The minimum Gasteiger partial charge on any atom is -0.497 e. The number of benzene rings is 1. The van der Waals surface area contributed by atoms with E-state index >= 15 is 0 Å². The molecule has 0 radical (unpaired) electrons. The average molecular weight is 383 g/mol. The highest BCUT2D eigenvalue weighted by Gasteiger charge is 2.17. The molecule has 0 unspecified atom stereocenters. The summed E-state index contributed by atoms with van der Waals surface area (Å²) in [5.74, 6) is 0.283. The number of amides is 1. The topological polar surface area (TPSA) is 90.5 Å². The van der Waals surface area contributed by atoms with Crippen molar-refractivity contribution in [2.45, 2.75) is 20.4 Å². The van der Waals surface area contributed by atoms with Gasteiger partial charge in [-0.25, -0.2) is 18.9 Å². The van der Waals surface area contributed by atoms with Gasteiger partial charge >= 0.3 is 5.69 Å². The quantitative estimate of drug-likeness (QED) is 0.584. The number of nitrogens with zero attached hydrogens (tertiary/aromatic N) is 4. The maximum absolute atomic E-state index is 12.6. The van der Waals surface area contributed by atoms with Crippen LogP contribution in [0.1, 0.15) is 10.4 Å². The molecule has 9 heteroatoms.